The molecule has 0 saturated heterocycles. The van der Waals surface area contributed by atoms with Crippen molar-refractivity contribution in [2.45, 2.75) is 92.3 Å². The van der Waals surface area contributed by atoms with Crippen molar-refractivity contribution < 1.29 is 19.4 Å². The molecule has 0 aliphatic heterocycles. The van der Waals surface area contributed by atoms with Gasteiger partial charge in [-0.3, -0.25) is 9.59 Å². The summed E-state index contributed by atoms with van der Waals surface area (Å²) in [7, 11) is 0. The quantitative estimate of drug-likeness (QED) is 0.727. The number of hydrogen-bond donors (Lipinski definition) is 1. The van der Waals surface area contributed by atoms with E-state index in [1.54, 1.807) is 0 Å². The molecule has 0 aromatic carbocycles. The lowest BCUT2D eigenvalue weighted by Crippen LogP contribution is -2.43. The van der Waals surface area contributed by atoms with Crippen molar-refractivity contribution in [2.24, 2.45) is 16.7 Å². The molecule has 1 saturated carbocycles. The van der Waals surface area contributed by atoms with E-state index in [2.05, 4.69) is 0 Å². The molecule has 4 heteroatoms. The van der Waals surface area contributed by atoms with Crippen LogP contribution in [0.25, 0.3) is 0 Å². The van der Waals surface area contributed by atoms with E-state index in [9.17, 15) is 14.7 Å². The Bertz CT molecular complexity index is 445. The lowest BCUT2D eigenvalue weighted by Gasteiger charge is -2.32. The topological polar surface area (TPSA) is 63.6 Å². The maximum absolute atomic E-state index is 12.8. The zero-order valence-electron chi connectivity index (χ0n) is 16.6. The van der Waals surface area contributed by atoms with Crippen molar-refractivity contribution in [3.8, 4) is 0 Å². The maximum Gasteiger partial charge on any atom is 0.169 e. The fraction of sp³-hybridized carbons (Fsp3) is 0.900. The summed E-state index contributed by atoms with van der Waals surface area (Å²) in [6.45, 7) is 12.8. The summed E-state index contributed by atoms with van der Waals surface area (Å²) in [5.74, 6) is 0.254. The minimum Gasteiger partial charge on any atom is -0.383 e. The third kappa shape index (κ3) is 5.66. The lowest BCUT2D eigenvalue weighted by atomic mass is 9.78. The summed E-state index contributed by atoms with van der Waals surface area (Å²) in [5, 5.41) is 9.95. The number of rotatable bonds is 8. The molecule has 1 rings (SSSR count). The van der Waals surface area contributed by atoms with Crippen LogP contribution in [-0.2, 0) is 14.3 Å². The molecule has 1 unspecified atom stereocenters. The van der Waals surface area contributed by atoms with Crippen LogP contribution in [0.15, 0.2) is 0 Å². The number of carbonyl (C=O) groups excluding carboxylic acids is 2. The Morgan fingerprint density at radius 3 is 1.96 bits per heavy atom. The first-order chi connectivity index (χ1) is 10.8. The third-order valence-corrected chi connectivity index (χ3v) is 5.02. The number of Topliss-reactive ketones (excluding diaryl/α,β-unsaturated/α-hetero) is 2. The van der Waals surface area contributed by atoms with Gasteiger partial charge in [0.1, 0.15) is 11.7 Å². The zero-order chi connectivity index (χ0) is 18.8. The van der Waals surface area contributed by atoms with E-state index in [1.807, 2.05) is 34.6 Å². The highest BCUT2D eigenvalue weighted by molar-refractivity contribution is 5.91. The zero-order valence-corrected chi connectivity index (χ0v) is 16.6. The minimum absolute atomic E-state index is 0.154. The maximum atomic E-state index is 12.8. The van der Waals surface area contributed by atoms with Crippen LogP contribution in [0.5, 0.6) is 0 Å². The van der Waals surface area contributed by atoms with Crippen LogP contribution in [0.3, 0.4) is 0 Å². The average molecular weight is 341 g/mol. The molecule has 1 aliphatic rings. The Labute approximate surface area is 147 Å². The molecule has 1 aliphatic carbocycles. The van der Waals surface area contributed by atoms with Crippen molar-refractivity contribution >= 4 is 11.6 Å². The van der Waals surface area contributed by atoms with Gasteiger partial charge in [0.15, 0.2) is 11.6 Å². The second kappa shape index (κ2) is 7.65. The van der Waals surface area contributed by atoms with Gasteiger partial charge in [-0.05, 0) is 39.0 Å². The van der Waals surface area contributed by atoms with Gasteiger partial charge in [-0.2, -0.15) is 0 Å². The largest absolute Gasteiger partial charge is 0.383 e. The molecule has 0 spiro atoms. The van der Waals surface area contributed by atoms with Gasteiger partial charge in [-0.25, -0.2) is 0 Å². The molecular weight excluding hydrogens is 304 g/mol. The van der Waals surface area contributed by atoms with Crippen molar-refractivity contribution in [1.29, 1.82) is 0 Å². The second-order valence-electron chi connectivity index (χ2n) is 9.47. The summed E-state index contributed by atoms with van der Waals surface area (Å²) in [6.07, 6.45) is 4.52. The van der Waals surface area contributed by atoms with Crippen molar-refractivity contribution in [1.82, 2.24) is 0 Å². The van der Waals surface area contributed by atoms with Crippen LogP contribution in [0.4, 0.5) is 0 Å². The van der Waals surface area contributed by atoms with Gasteiger partial charge in [-0.15, -0.1) is 0 Å². The summed E-state index contributed by atoms with van der Waals surface area (Å²) < 4.78 is 6.03. The third-order valence-electron chi connectivity index (χ3n) is 5.02. The Hall–Kier alpha value is -0.740. The van der Waals surface area contributed by atoms with E-state index in [-0.39, 0.29) is 17.7 Å². The Balaban J connectivity index is 2.72. The monoisotopic (exact) mass is 340 g/mol. The molecular formula is C20H36O4. The van der Waals surface area contributed by atoms with Gasteiger partial charge < -0.3 is 9.84 Å². The van der Waals surface area contributed by atoms with Gasteiger partial charge in [0.05, 0.1) is 0 Å². The van der Waals surface area contributed by atoms with Gasteiger partial charge >= 0.3 is 0 Å². The minimum atomic E-state index is -1.35. The average Bonchev–Trinajstić information content (AvgIpc) is 2.93. The fourth-order valence-corrected chi connectivity index (χ4v) is 3.50. The van der Waals surface area contributed by atoms with Crippen LogP contribution in [0, 0.1) is 16.7 Å². The molecule has 0 aromatic rings. The van der Waals surface area contributed by atoms with Crippen molar-refractivity contribution in [3.63, 3.8) is 0 Å². The summed E-state index contributed by atoms with van der Waals surface area (Å²) >= 11 is 0. The van der Waals surface area contributed by atoms with Gasteiger partial charge in [-0.1, -0.05) is 47.5 Å². The first-order valence-corrected chi connectivity index (χ1v) is 9.20. The molecule has 1 N–H and O–H groups in total. The predicted octanol–water partition coefficient (Wildman–Crippen LogP) is 3.93. The van der Waals surface area contributed by atoms with Gasteiger partial charge in [0, 0.05) is 17.4 Å². The molecule has 4 nitrogen and oxygen atoms in total. The highest BCUT2D eigenvalue weighted by atomic mass is 16.5. The van der Waals surface area contributed by atoms with Crippen LogP contribution in [0.1, 0.15) is 80.6 Å². The van der Waals surface area contributed by atoms with Crippen LogP contribution < -0.4 is 0 Å². The molecule has 1 atom stereocenters. The normalized spacial score (nSPS) is 18.7. The predicted molar refractivity (Wildman–Crippen MR) is 95.9 cm³/mol. The van der Waals surface area contributed by atoms with E-state index in [0.717, 1.165) is 25.7 Å². The lowest BCUT2D eigenvalue weighted by molar-refractivity contribution is -0.147. The first-order valence-electron chi connectivity index (χ1n) is 9.20. The van der Waals surface area contributed by atoms with Crippen LogP contribution >= 0.6 is 0 Å². The van der Waals surface area contributed by atoms with Crippen LogP contribution in [0.2, 0.25) is 0 Å². The number of hydrogen-bond acceptors (Lipinski definition) is 4. The molecule has 0 amide bonds. The number of aliphatic hydroxyl groups is 1. The molecule has 140 valence electrons. The highest BCUT2D eigenvalue weighted by Crippen LogP contribution is 2.34. The van der Waals surface area contributed by atoms with Crippen molar-refractivity contribution in [3.05, 3.63) is 0 Å². The highest BCUT2D eigenvalue weighted by Gasteiger charge is 2.40. The Kier molecular flexibility index (Phi) is 6.79. The summed E-state index contributed by atoms with van der Waals surface area (Å²) in [6, 6.07) is 0. The summed E-state index contributed by atoms with van der Waals surface area (Å²) in [4.78, 5) is 25.1. The fourth-order valence-electron chi connectivity index (χ4n) is 3.50. The number of carbonyl (C=O) groups is 2. The number of ketones is 2. The van der Waals surface area contributed by atoms with Gasteiger partial charge in [0.25, 0.3) is 0 Å². The van der Waals surface area contributed by atoms with Gasteiger partial charge in [0.2, 0.25) is 0 Å². The van der Waals surface area contributed by atoms with E-state index in [0.29, 0.717) is 18.9 Å². The molecule has 0 bridgehead atoms. The van der Waals surface area contributed by atoms with Crippen molar-refractivity contribution in [2.75, 3.05) is 6.61 Å². The number of ether oxygens (including phenoxy) is 1. The van der Waals surface area contributed by atoms with E-state index in [4.69, 9.17) is 4.74 Å². The Morgan fingerprint density at radius 2 is 1.54 bits per heavy atom. The first kappa shape index (κ1) is 21.3. The van der Waals surface area contributed by atoms with E-state index in [1.165, 1.54) is 13.8 Å². The standard InChI is InChI=1S/C20H36O4/c1-18(2,3)16(21)15(14-10-8-9-11-14)24-13-12-19(4,5)17(22)20(6,7)23/h14-15,23H,8-13H2,1-7H3. The molecule has 0 heterocycles. The van der Waals surface area contributed by atoms with E-state index >= 15 is 0 Å². The molecule has 24 heavy (non-hydrogen) atoms. The SMILES string of the molecule is CC(C)(C)C(=O)C(OCCC(C)(C)C(=O)C(C)(C)O)C1CCCC1. The van der Waals surface area contributed by atoms with E-state index < -0.39 is 16.4 Å². The molecule has 0 aromatic heterocycles. The molecule has 1 fully saturated rings. The van der Waals surface area contributed by atoms with Crippen LogP contribution in [-0.4, -0.2) is 35.0 Å². The molecule has 0 radical (unpaired) electrons. The second-order valence-corrected chi connectivity index (χ2v) is 9.47. The Morgan fingerprint density at radius 1 is 1.04 bits per heavy atom. The smallest absolute Gasteiger partial charge is 0.169 e. The summed E-state index contributed by atoms with van der Waals surface area (Å²) in [5.41, 5.74) is -2.45.